The minimum atomic E-state index is -0.882. The highest BCUT2D eigenvalue weighted by Gasteiger charge is 2.31. The largest absolute Gasteiger partial charge is 0.354 e. The van der Waals surface area contributed by atoms with E-state index in [0.29, 0.717) is 25.3 Å². The number of hydrogen-bond acceptors (Lipinski definition) is 3. The van der Waals surface area contributed by atoms with Crippen molar-refractivity contribution in [1.29, 1.82) is 0 Å². The molecule has 4 N–H and O–H groups in total. The van der Waals surface area contributed by atoms with E-state index in [1.807, 2.05) is 27.7 Å². The van der Waals surface area contributed by atoms with E-state index in [0.717, 1.165) is 0 Å². The first kappa shape index (κ1) is 16.9. The monoisotopic (exact) mass is 257 g/mol. The number of nitrogens with two attached hydrogens (primary N) is 1. The van der Waals surface area contributed by atoms with Crippen LogP contribution < -0.4 is 16.4 Å². The van der Waals surface area contributed by atoms with Crippen LogP contribution in [0.25, 0.3) is 0 Å². The quantitative estimate of drug-likeness (QED) is 0.630. The van der Waals surface area contributed by atoms with Crippen LogP contribution in [-0.2, 0) is 9.59 Å². The summed E-state index contributed by atoms with van der Waals surface area (Å²) in [7, 11) is 0. The van der Waals surface area contributed by atoms with Crippen LogP contribution in [0.2, 0.25) is 0 Å². The molecule has 0 aromatic rings. The molecule has 0 aliphatic rings. The van der Waals surface area contributed by atoms with Gasteiger partial charge in [-0.3, -0.25) is 9.59 Å². The molecule has 0 aliphatic carbocycles. The first-order valence-corrected chi connectivity index (χ1v) is 6.64. The van der Waals surface area contributed by atoms with Gasteiger partial charge < -0.3 is 16.4 Å². The summed E-state index contributed by atoms with van der Waals surface area (Å²) < 4.78 is 0. The molecule has 5 heteroatoms. The molecule has 0 radical (unpaired) electrons. The molecule has 0 aliphatic heterocycles. The third-order valence-electron chi connectivity index (χ3n) is 3.14. The average Bonchev–Trinajstić information content (AvgIpc) is 2.34. The molecule has 2 amide bonds. The van der Waals surface area contributed by atoms with Crippen LogP contribution >= 0.6 is 0 Å². The molecule has 0 spiro atoms. The van der Waals surface area contributed by atoms with Crippen molar-refractivity contribution in [2.45, 2.75) is 59.0 Å². The number of amides is 2. The van der Waals surface area contributed by atoms with E-state index in [1.54, 1.807) is 6.92 Å². The fourth-order valence-electron chi connectivity index (χ4n) is 1.43. The molecule has 5 nitrogen and oxygen atoms in total. The van der Waals surface area contributed by atoms with Crippen LogP contribution in [0.15, 0.2) is 0 Å². The van der Waals surface area contributed by atoms with Gasteiger partial charge in [-0.1, -0.05) is 27.7 Å². The van der Waals surface area contributed by atoms with E-state index in [1.165, 1.54) is 0 Å². The molecule has 0 aromatic carbocycles. The van der Waals surface area contributed by atoms with Crippen LogP contribution in [0.5, 0.6) is 0 Å². The fourth-order valence-corrected chi connectivity index (χ4v) is 1.43. The van der Waals surface area contributed by atoms with Gasteiger partial charge in [0.15, 0.2) is 0 Å². The zero-order chi connectivity index (χ0) is 14.3. The lowest BCUT2D eigenvalue weighted by molar-refractivity contribution is -0.131. The lowest BCUT2D eigenvalue weighted by Gasteiger charge is -2.27. The molecule has 0 fully saturated rings. The van der Waals surface area contributed by atoms with Crippen molar-refractivity contribution in [2.24, 2.45) is 11.7 Å². The predicted molar refractivity (Wildman–Crippen MR) is 73.0 cm³/mol. The van der Waals surface area contributed by atoms with Gasteiger partial charge in [-0.05, 0) is 25.7 Å². The maximum Gasteiger partial charge on any atom is 0.242 e. The van der Waals surface area contributed by atoms with Crippen LogP contribution in [0.3, 0.4) is 0 Å². The predicted octanol–water partition coefficient (Wildman–Crippen LogP) is 0.781. The Hall–Kier alpha value is -1.10. The molecular formula is C13H27N3O2. The van der Waals surface area contributed by atoms with Gasteiger partial charge in [0.1, 0.15) is 6.04 Å². The van der Waals surface area contributed by atoms with Crippen LogP contribution in [0, 0.1) is 5.92 Å². The second-order valence-electron chi connectivity index (χ2n) is 5.20. The number of carbonyl (C=O) groups is 2. The van der Waals surface area contributed by atoms with E-state index in [-0.39, 0.29) is 11.8 Å². The van der Waals surface area contributed by atoms with E-state index in [2.05, 4.69) is 10.6 Å². The zero-order valence-corrected chi connectivity index (χ0v) is 12.2. The first-order valence-electron chi connectivity index (χ1n) is 6.64. The number of rotatable bonds is 7. The Morgan fingerprint density at radius 3 is 2.06 bits per heavy atom. The second-order valence-corrected chi connectivity index (χ2v) is 5.20. The van der Waals surface area contributed by atoms with Gasteiger partial charge in [0, 0.05) is 6.54 Å². The van der Waals surface area contributed by atoms with Gasteiger partial charge in [0.25, 0.3) is 0 Å². The standard InChI is InChI=1S/C13H27N3O2/c1-6-13(14,7-2)12(18)16-10(5)11(17)15-8-9(3)4/h9-10H,6-8,14H2,1-5H3,(H,15,17)(H,16,18). The molecule has 0 saturated heterocycles. The smallest absolute Gasteiger partial charge is 0.242 e. The Kier molecular flexibility index (Phi) is 6.91. The van der Waals surface area contributed by atoms with Crippen LogP contribution in [0.1, 0.15) is 47.5 Å². The second kappa shape index (κ2) is 7.36. The third kappa shape index (κ3) is 5.04. The third-order valence-corrected chi connectivity index (χ3v) is 3.14. The Labute approximate surface area is 110 Å². The lowest BCUT2D eigenvalue weighted by atomic mass is 9.93. The van der Waals surface area contributed by atoms with Crippen LogP contribution in [-0.4, -0.2) is 29.9 Å². The summed E-state index contributed by atoms with van der Waals surface area (Å²) in [6.45, 7) is 10.0. The van der Waals surface area contributed by atoms with Gasteiger partial charge in [0.2, 0.25) is 11.8 Å². The Balaban J connectivity index is 4.34. The summed E-state index contributed by atoms with van der Waals surface area (Å²) in [6.07, 6.45) is 1.10. The van der Waals surface area contributed by atoms with Crippen molar-refractivity contribution in [3.63, 3.8) is 0 Å². The average molecular weight is 257 g/mol. The zero-order valence-electron chi connectivity index (χ0n) is 12.2. The number of nitrogens with one attached hydrogen (secondary N) is 2. The SMILES string of the molecule is CCC(N)(CC)C(=O)NC(C)C(=O)NCC(C)C. The lowest BCUT2D eigenvalue weighted by Crippen LogP contribution is -2.57. The van der Waals surface area contributed by atoms with Gasteiger partial charge in [-0.25, -0.2) is 0 Å². The Morgan fingerprint density at radius 1 is 1.17 bits per heavy atom. The van der Waals surface area contributed by atoms with Crippen molar-refractivity contribution in [3.8, 4) is 0 Å². The molecule has 0 bridgehead atoms. The van der Waals surface area contributed by atoms with Crippen molar-refractivity contribution in [3.05, 3.63) is 0 Å². The van der Waals surface area contributed by atoms with E-state index >= 15 is 0 Å². The van der Waals surface area contributed by atoms with Crippen molar-refractivity contribution >= 4 is 11.8 Å². The molecule has 0 heterocycles. The molecule has 0 aromatic heterocycles. The van der Waals surface area contributed by atoms with Crippen molar-refractivity contribution in [2.75, 3.05) is 6.54 Å². The minimum Gasteiger partial charge on any atom is -0.354 e. The van der Waals surface area contributed by atoms with Gasteiger partial charge in [-0.15, -0.1) is 0 Å². The van der Waals surface area contributed by atoms with E-state index in [4.69, 9.17) is 5.73 Å². The molecule has 1 atom stereocenters. The molecular weight excluding hydrogens is 230 g/mol. The number of hydrogen-bond donors (Lipinski definition) is 3. The highest BCUT2D eigenvalue weighted by atomic mass is 16.2. The maximum atomic E-state index is 12.0. The molecule has 106 valence electrons. The van der Waals surface area contributed by atoms with Gasteiger partial charge in [-0.2, -0.15) is 0 Å². The van der Waals surface area contributed by atoms with E-state index < -0.39 is 11.6 Å². The Bertz CT molecular complexity index is 286. The number of carbonyl (C=O) groups excluding carboxylic acids is 2. The van der Waals surface area contributed by atoms with Crippen molar-refractivity contribution in [1.82, 2.24) is 10.6 Å². The molecule has 18 heavy (non-hydrogen) atoms. The minimum absolute atomic E-state index is 0.174. The normalized spacial score (nSPS) is 13.3. The topological polar surface area (TPSA) is 84.2 Å². The van der Waals surface area contributed by atoms with E-state index in [9.17, 15) is 9.59 Å². The van der Waals surface area contributed by atoms with Crippen LogP contribution in [0.4, 0.5) is 0 Å². The van der Waals surface area contributed by atoms with Crippen molar-refractivity contribution < 1.29 is 9.59 Å². The summed E-state index contributed by atoms with van der Waals surface area (Å²) >= 11 is 0. The van der Waals surface area contributed by atoms with Gasteiger partial charge in [0.05, 0.1) is 5.54 Å². The summed E-state index contributed by atoms with van der Waals surface area (Å²) in [4.78, 5) is 23.7. The summed E-state index contributed by atoms with van der Waals surface area (Å²) in [5.74, 6) is -0.0527. The first-order chi connectivity index (χ1) is 8.26. The summed E-state index contributed by atoms with van der Waals surface area (Å²) in [6, 6.07) is -0.558. The molecule has 0 rings (SSSR count). The Morgan fingerprint density at radius 2 is 1.67 bits per heavy atom. The summed E-state index contributed by atoms with van der Waals surface area (Å²) in [5.41, 5.74) is 5.08. The molecule has 1 unspecified atom stereocenters. The fraction of sp³-hybridized carbons (Fsp3) is 0.846. The van der Waals surface area contributed by atoms with Gasteiger partial charge >= 0.3 is 0 Å². The highest BCUT2D eigenvalue weighted by molar-refractivity contribution is 5.91. The molecule has 0 saturated carbocycles. The summed E-state index contributed by atoms with van der Waals surface area (Å²) in [5, 5.41) is 5.45. The maximum absolute atomic E-state index is 12.0. The highest BCUT2D eigenvalue weighted by Crippen LogP contribution is 2.11.